The molecule has 11 heteroatoms. The lowest BCUT2D eigenvalue weighted by Crippen LogP contribution is -2.52. The van der Waals surface area contributed by atoms with Crippen LogP contribution in [0.1, 0.15) is 0 Å². The summed E-state index contributed by atoms with van der Waals surface area (Å²) < 4.78 is 52.6. The van der Waals surface area contributed by atoms with Crippen LogP contribution in [0.4, 0.5) is 5.69 Å². The molecule has 0 unspecified atom stereocenters. The second kappa shape index (κ2) is 5.82. The molecule has 8 nitrogen and oxygen atoms in total. The Morgan fingerprint density at radius 3 is 2.05 bits per heavy atom. The molecule has 0 bridgehead atoms. The molecule has 21 heavy (non-hydrogen) atoms. The van der Waals surface area contributed by atoms with Crippen molar-refractivity contribution in [3.05, 3.63) is 11.4 Å². The molecule has 2 N–H and O–H groups in total. The van der Waals surface area contributed by atoms with Gasteiger partial charge in [0.25, 0.3) is 20.2 Å². The number of sulfonamides is 1. The fraction of sp³-hybridized carbons (Fsp3) is 0.600. The summed E-state index contributed by atoms with van der Waals surface area (Å²) in [4.78, 5) is 0. The van der Waals surface area contributed by atoms with E-state index in [1.54, 1.807) is 5.38 Å². The molecule has 0 spiro atoms. The van der Waals surface area contributed by atoms with Crippen molar-refractivity contribution in [2.75, 3.05) is 46.0 Å². The average Bonchev–Trinajstić information content (AvgIpc) is 2.86. The van der Waals surface area contributed by atoms with Gasteiger partial charge in [0, 0.05) is 51.3 Å². The third kappa shape index (κ3) is 3.22. The molecule has 0 amide bonds. The van der Waals surface area contributed by atoms with Gasteiger partial charge in [0.2, 0.25) is 0 Å². The number of thiophene rings is 1. The van der Waals surface area contributed by atoms with E-state index in [-0.39, 0.29) is 30.4 Å². The van der Waals surface area contributed by atoms with E-state index >= 15 is 0 Å². The van der Waals surface area contributed by atoms with E-state index in [0.29, 0.717) is 5.69 Å². The molecule has 1 aromatic heterocycles. The minimum absolute atomic E-state index is 0.132. The number of nitrogens with zero attached hydrogens (tertiary/aromatic N) is 3. The molecular weight excluding hydrogens is 336 g/mol. The van der Waals surface area contributed by atoms with Crippen molar-refractivity contribution in [1.29, 1.82) is 0 Å². The van der Waals surface area contributed by atoms with Gasteiger partial charge in [0.15, 0.2) is 0 Å². The van der Waals surface area contributed by atoms with Crippen LogP contribution in [-0.4, -0.2) is 70.0 Å². The number of nitrogen functional groups attached to an aromatic ring is 1. The molecule has 0 saturated carbocycles. The van der Waals surface area contributed by atoms with Crippen molar-refractivity contribution >= 4 is 37.3 Å². The Balaban J connectivity index is 2.11. The van der Waals surface area contributed by atoms with Gasteiger partial charge >= 0.3 is 0 Å². The first-order chi connectivity index (χ1) is 9.65. The molecule has 1 aromatic rings. The molecule has 2 heterocycles. The van der Waals surface area contributed by atoms with Crippen molar-refractivity contribution in [1.82, 2.24) is 12.9 Å². The van der Waals surface area contributed by atoms with Crippen molar-refractivity contribution in [2.45, 2.75) is 4.21 Å². The number of hydrogen-bond donors (Lipinski definition) is 1. The Bertz CT molecular complexity index is 702. The van der Waals surface area contributed by atoms with E-state index in [2.05, 4.69) is 0 Å². The molecule has 1 fully saturated rings. The van der Waals surface area contributed by atoms with Gasteiger partial charge in [-0.1, -0.05) is 0 Å². The summed E-state index contributed by atoms with van der Waals surface area (Å²) in [6, 6.07) is 1.42. The minimum Gasteiger partial charge on any atom is -0.398 e. The highest BCUT2D eigenvalue weighted by molar-refractivity contribution is 7.91. The zero-order valence-corrected chi connectivity index (χ0v) is 14.2. The summed E-state index contributed by atoms with van der Waals surface area (Å²) in [6.07, 6.45) is 0. The number of anilines is 1. The normalized spacial score (nSPS) is 19.2. The molecule has 1 saturated heterocycles. The highest BCUT2D eigenvalue weighted by Crippen LogP contribution is 2.26. The predicted octanol–water partition coefficient (Wildman–Crippen LogP) is -0.557. The van der Waals surface area contributed by atoms with Crippen molar-refractivity contribution in [2.24, 2.45) is 0 Å². The topological polar surface area (TPSA) is 104 Å². The number of rotatable bonds is 4. The third-order valence-corrected chi connectivity index (χ3v) is 8.45. The molecule has 120 valence electrons. The Hall–Kier alpha value is -0.720. The lowest BCUT2D eigenvalue weighted by Gasteiger charge is -2.34. The van der Waals surface area contributed by atoms with Crippen LogP contribution in [0.15, 0.2) is 15.7 Å². The fourth-order valence-electron chi connectivity index (χ4n) is 1.96. The summed E-state index contributed by atoms with van der Waals surface area (Å²) in [5.74, 6) is 0. The maximum absolute atomic E-state index is 12.4. The predicted molar refractivity (Wildman–Crippen MR) is 81.7 cm³/mol. The largest absolute Gasteiger partial charge is 0.398 e. The smallest absolute Gasteiger partial charge is 0.281 e. The van der Waals surface area contributed by atoms with Crippen LogP contribution >= 0.6 is 11.3 Å². The van der Waals surface area contributed by atoms with Gasteiger partial charge in [-0.3, -0.25) is 0 Å². The summed E-state index contributed by atoms with van der Waals surface area (Å²) in [6.45, 7) is 0.543. The Morgan fingerprint density at radius 2 is 1.62 bits per heavy atom. The molecule has 2 rings (SSSR count). The highest BCUT2D eigenvalue weighted by atomic mass is 32.2. The Kier molecular flexibility index (Phi) is 4.61. The molecule has 0 aromatic carbocycles. The molecular formula is C10H18N4O4S3. The Morgan fingerprint density at radius 1 is 1.10 bits per heavy atom. The van der Waals surface area contributed by atoms with E-state index < -0.39 is 20.2 Å². The van der Waals surface area contributed by atoms with Gasteiger partial charge in [0.05, 0.1) is 0 Å². The number of hydrogen-bond acceptors (Lipinski definition) is 6. The first-order valence-corrected chi connectivity index (χ1v) is 9.89. The number of piperazine rings is 1. The Labute approximate surface area is 129 Å². The van der Waals surface area contributed by atoms with Crippen LogP contribution in [0.25, 0.3) is 0 Å². The quantitative estimate of drug-likeness (QED) is 0.781. The molecule has 1 aliphatic heterocycles. The maximum atomic E-state index is 12.4. The van der Waals surface area contributed by atoms with Crippen molar-refractivity contribution < 1.29 is 16.8 Å². The van der Waals surface area contributed by atoms with Crippen LogP contribution in [0.3, 0.4) is 0 Å². The lowest BCUT2D eigenvalue weighted by molar-refractivity contribution is 0.263. The van der Waals surface area contributed by atoms with Gasteiger partial charge in [0.1, 0.15) is 4.21 Å². The second-order valence-electron chi connectivity index (χ2n) is 4.79. The molecule has 1 aliphatic rings. The van der Waals surface area contributed by atoms with E-state index in [1.165, 1.54) is 28.8 Å². The summed E-state index contributed by atoms with van der Waals surface area (Å²) in [7, 11) is -4.19. The van der Waals surface area contributed by atoms with Gasteiger partial charge < -0.3 is 5.73 Å². The SMILES string of the molecule is CN(C)S(=O)(=O)N1CCN(S(=O)(=O)c2cc(N)cs2)CC1. The van der Waals surface area contributed by atoms with E-state index in [1.807, 2.05) is 0 Å². The maximum Gasteiger partial charge on any atom is 0.281 e. The minimum atomic E-state index is -3.59. The van der Waals surface area contributed by atoms with E-state index in [0.717, 1.165) is 15.6 Å². The van der Waals surface area contributed by atoms with Crippen LogP contribution in [0.5, 0.6) is 0 Å². The first kappa shape index (κ1) is 16.6. The van der Waals surface area contributed by atoms with Gasteiger partial charge in [-0.2, -0.15) is 21.3 Å². The monoisotopic (exact) mass is 354 g/mol. The first-order valence-electron chi connectivity index (χ1n) is 6.17. The van der Waals surface area contributed by atoms with Gasteiger partial charge in [-0.15, -0.1) is 11.3 Å². The molecule has 0 radical (unpaired) electrons. The highest BCUT2D eigenvalue weighted by Gasteiger charge is 2.34. The summed E-state index contributed by atoms with van der Waals surface area (Å²) in [5.41, 5.74) is 5.96. The lowest BCUT2D eigenvalue weighted by atomic mass is 10.4. The number of nitrogens with two attached hydrogens (primary N) is 1. The second-order valence-corrected chi connectivity index (χ2v) is 10.0. The van der Waals surface area contributed by atoms with Crippen LogP contribution in [-0.2, 0) is 20.2 Å². The van der Waals surface area contributed by atoms with Gasteiger partial charge in [-0.05, 0) is 6.07 Å². The molecule has 0 atom stereocenters. The molecule has 0 aliphatic carbocycles. The average molecular weight is 354 g/mol. The fourth-order valence-corrected chi connectivity index (χ4v) is 5.71. The summed E-state index contributed by atoms with van der Waals surface area (Å²) in [5, 5.41) is 1.57. The van der Waals surface area contributed by atoms with Crippen molar-refractivity contribution in [3.8, 4) is 0 Å². The van der Waals surface area contributed by atoms with Crippen LogP contribution in [0, 0.1) is 0 Å². The van der Waals surface area contributed by atoms with Crippen LogP contribution in [0.2, 0.25) is 0 Å². The van der Waals surface area contributed by atoms with Crippen LogP contribution < -0.4 is 5.73 Å². The third-order valence-electron chi connectivity index (χ3n) is 3.18. The summed E-state index contributed by atoms with van der Waals surface area (Å²) >= 11 is 1.07. The zero-order valence-electron chi connectivity index (χ0n) is 11.8. The van der Waals surface area contributed by atoms with Crippen molar-refractivity contribution in [3.63, 3.8) is 0 Å². The standard InChI is InChI=1S/C10H18N4O4S3/c1-12(2)21(17,18)14-5-3-13(4-6-14)20(15,16)10-7-9(11)8-19-10/h7-8H,3-6,11H2,1-2H3. The van der Waals surface area contributed by atoms with Gasteiger partial charge in [-0.25, -0.2) is 8.42 Å². The zero-order chi connectivity index (χ0) is 15.8. The van der Waals surface area contributed by atoms with E-state index in [4.69, 9.17) is 5.73 Å². The van der Waals surface area contributed by atoms with E-state index in [9.17, 15) is 16.8 Å².